The van der Waals surface area contributed by atoms with Gasteiger partial charge < -0.3 is 4.74 Å². The summed E-state index contributed by atoms with van der Waals surface area (Å²) in [4.78, 5) is 15.5. The van der Waals surface area contributed by atoms with Gasteiger partial charge in [-0.25, -0.2) is 4.98 Å². The number of hydrogen-bond donors (Lipinski definition) is 1. The van der Waals surface area contributed by atoms with Crippen LogP contribution in [0.2, 0.25) is 0 Å². The average molecular weight is 327 g/mol. The highest BCUT2D eigenvalue weighted by molar-refractivity contribution is 6.11. The van der Waals surface area contributed by atoms with E-state index in [1.807, 2.05) is 6.92 Å². The molecular formula is C17H17N3O4. The Morgan fingerprint density at radius 1 is 1.29 bits per heavy atom. The summed E-state index contributed by atoms with van der Waals surface area (Å²) in [5.41, 5.74) is 1.39. The molecule has 0 aliphatic rings. The van der Waals surface area contributed by atoms with E-state index in [-0.39, 0.29) is 5.69 Å². The largest absolute Gasteiger partial charge is 0.497 e. The lowest BCUT2D eigenvalue weighted by Crippen LogP contribution is -2.20. The van der Waals surface area contributed by atoms with E-state index in [2.05, 4.69) is 4.98 Å². The van der Waals surface area contributed by atoms with Gasteiger partial charge in [-0.2, -0.15) is 0 Å². The minimum Gasteiger partial charge on any atom is -0.497 e. The second-order valence-electron chi connectivity index (χ2n) is 5.40. The molecule has 7 heteroatoms. The minimum atomic E-state index is -0.459. The fourth-order valence-electron chi connectivity index (χ4n) is 2.80. The van der Waals surface area contributed by atoms with Crippen LogP contribution in [0.3, 0.4) is 0 Å². The number of anilines is 1. The number of benzene rings is 2. The van der Waals surface area contributed by atoms with Gasteiger partial charge in [0.25, 0.3) is 5.69 Å². The number of non-ortho nitro benzene ring substituents is 1. The van der Waals surface area contributed by atoms with E-state index in [1.54, 1.807) is 37.4 Å². The van der Waals surface area contributed by atoms with Crippen LogP contribution in [-0.4, -0.2) is 28.8 Å². The predicted molar refractivity (Wildman–Crippen MR) is 91.9 cm³/mol. The number of nitrogens with zero attached hydrogens (tertiary/aromatic N) is 3. The molecule has 1 N–H and O–H groups in total. The van der Waals surface area contributed by atoms with Crippen molar-refractivity contribution >= 4 is 33.2 Å². The van der Waals surface area contributed by atoms with Gasteiger partial charge in [0, 0.05) is 18.0 Å². The fraction of sp³-hybridized carbons (Fsp3) is 0.235. The molecule has 0 atom stereocenters. The third kappa shape index (κ3) is 2.59. The summed E-state index contributed by atoms with van der Waals surface area (Å²) < 4.78 is 5.24. The molecule has 0 spiro atoms. The molecular weight excluding hydrogens is 310 g/mol. The van der Waals surface area contributed by atoms with Crippen molar-refractivity contribution in [1.29, 1.82) is 0 Å². The highest BCUT2D eigenvalue weighted by Gasteiger charge is 2.22. The predicted octanol–water partition coefficient (Wildman–Crippen LogP) is 3.91. The SMILES string of the molecule is CCCN(O)c1c2cc(OC)ccc2nc2cccc([N+](=O)[O-])c12. The quantitative estimate of drug-likeness (QED) is 0.434. The monoisotopic (exact) mass is 327 g/mol. The summed E-state index contributed by atoms with van der Waals surface area (Å²) >= 11 is 0. The number of nitro benzene ring substituents is 1. The maximum Gasteiger partial charge on any atom is 0.280 e. The van der Waals surface area contributed by atoms with Crippen molar-refractivity contribution in [3.05, 3.63) is 46.5 Å². The van der Waals surface area contributed by atoms with E-state index < -0.39 is 4.92 Å². The van der Waals surface area contributed by atoms with Crippen molar-refractivity contribution in [3.8, 4) is 5.75 Å². The summed E-state index contributed by atoms with van der Waals surface area (Å²) in [5.74, 6) is 0.591. The number of ether oxygens (including phenoxy) is 1. The van der Waals surface area contributed by atoms with Crippen molar-refractivity contribution in [3.63, 3.8) is 0 Å². The maximum absolute atomic E-state index is 11.5. The van der Waals surface area contributed by atoms with Crippen LogP contribution in [0, 0.1) is 10.1 Å². The van der Waals surface area contributed by atoms with Crippen molar-refractivity contribution in [2.75, 3.05) is 18.7 Å². The first kappa shape index (κ1) is 15.9. The Labute approximate surface area is 138 Å². The Morgan fingerprint density at radius 2 is 2.08 bits per heavy atom. The first-order valence-corrected chi connectivity index (χ1v) is 7.58. The summed E-state index contributed by atoms with van der Waals surface area (Å²) in [7, 11) is 1.54. The second-order valence-corrected chi connectivity index (χ2v) is 5.40. The van der Waals surface area contributed by atoms with Gasteiger partial charge in [0.1, 0.15) is 11.1 Å². The summed E-state index contributed by atoms with van der Waals surface area (Å²) in [6, 6.07) is 9.98. The zero-order valence-corrected chi connectivity index (χ0v) is 13.4. The highest BCUT2D eigenvalue weighted by atomic mass is 16.6. The van der Waals surface area contributed by atoms with Crippen molar-refractivity contribution < 1.29 is 14.9 Å². The van der Waals surface area contributed by atoms with Gasteiger partial charge in [-0.15, -0.1) is 0 Å². The van der Waals surface area contributed by atoms with Gasteiger partial charge >= 0.3 is 0 Å². The summed E-state index contributed by atoms with van der Waals surface area (Å²) in [6.45, 7) is 2.27. The number of methoxy groups -OCH3 is 1. The molecule has 1 aromatic heterocycles. The van der Waals surface area contributed by atoms with E-state index in [4.69, 9.17) is 4.74 Å². The Bertz CT molecular complexity index is 926. The van der Waals surface area contributed by atoms with Gasteiger partial charge in [-0.05, 0) is 30.7 Å². The molecule has 0 radical (unpaired) electrons. The first-order valence-electron chi connectivity index (χ1n) is 7.58. The van der Waals surface area contributed by atoms with Gasteiger partial charge in [-0.3, -0.25) is 20.4 Å². The molecule has 1 heterocycles. The van der Waals surface area contributed by atoms with Crippen LogP contribution >= 0.6 is 0 Å². The maximum atomic E-state index is 11.5. The molecule has 124 valence electrons. The molecule has 0 fully saturated rings. The van der Waals surface area contributed by atoms with E-state index in [1.165, 1.54) is 6.07 Å². The van der Waals surface area contributed by atoms with Crippen LogP contribution in [0.4, 0.5) is 11.4 Å². The van der Waals surface area contributed by atoms with Crippen LogP contribution in [0.15, 0.2) is 36.4 Å². The first-order chi connectivity index (χ1) is 11.6. The Hall–Kier alpha value is -2.93. The van der Waals surface area contributed by atoms with Crippen LogP contribution in [-0.2, 0) is 0 Å². The zero-order valence-electron chi connectivity index (χ0n) is 13.4. The van der Waals surface area contributed by atoms with Gasteiger partial charge in [0.2, 0.25) is 0 Å². The Morgan fingerprint density at radius 3 is 2.75 bits per heavy atom. The molecule has 3 aromatic rings. The number of rotatable bonds is 5. The number of nitro groups is 1. The molecule has 7 nitrogen and oxygen atoms in total. The zero-order chi connectivity index (χ0) is 17.3. The number of hydrogen-bond acceptors (Lipinski definition) is 6. The molecule has 24 heavy (non-hydrogen) atoms. The average Bonchev–Trinajstić information content (AvgIpc) is 2.58. The van der Waals surface area contributed by atoms with E-state index in [0.29, 0.717) is 46.2 Å². The smallest absolute Gasteiger partial charge is 0.280 e. The molecule has 0 saturated carbocycles. The van der Waals surface area contributed by atoms with Crippen molar-refractivity contribution in [1.82, 2.24) is 4.98 Å². The minimum absolute atomic E-state index is 0.0881. The lowest BCUT2D eigenvalue weighted by Gasteiger charge is -2.20. The molecule has 3 rings (SSSR count). The van der Waals surface area contributed by atoms with Crippen molar-refractivity contribution in [2.24, 2.45) is 0 Å². The Kier molecular flexibility index (Phi) is 4.18. The van der Waals surface area contributed by atoms with E-state index in [9.17, 15) is 15.3 Å². The molecule has 0 aliphatic heterocycles. The highest BCUT2D eigenvalue weighted by Crippen LogP contribution is 2.39. The number of hydroxylamine groups is 1. The number of aromatic nitrogens is 1. The standard InChI is InChI=1S/C17H17N3O4/c1-3-9-19(21)17-12-10-11(24-2)7-8-13(12)18-14-5-4-6-15(16(14)17)20(22)23/h4-8,10,21H,3,9H2,1-2H3. The van der Waals surface area contributed by atoms with Gasteiger partial charge in [-0.1, -0.05) is 13.0 Å². The number of fused-ring (bicyclic) bond motifs is 2. The van der Waals surface area contributed by atoms with Crippen LogP contribution in [0.1, 0.15) is 13.3 Å². The fourth-order valence-corrected chi connectivity index (χ4v) is 2.80. The Balaban J connectivity index is 2.48. The summed E-state index contributed by atoms with van der Waals surface area (Å²) in [6.07, 6.45) is 0.687. The molecule has 0 amide bonds. The normalized spacial score (nSPS) is 11.0. The number of pyridine rings is 1. The van der Waals surface area contributed by atoms with Crippen LogP contribution in [0.5, 0.6) is 5.75 Å². The second kappa shape index (κ2) is 6.29. The third-order valence-corrected chi connectivity index (χ3v) is 3.85. The lowest BCUT2D eigenvalue weighted by molar-refractivity contribution is -0.383. The topological polar surface area (TPSA) is 88.7 Å². The molecule has 0 saturated heterocycles. The molecule has 2 aromatic carbocycles. The van der Waals surface area contributed by atoms with E-state index in [0.717, 1.165) is 5.06 Å². The molecule has 0 bridgehead atoms. The van der Waals surface area contributed by atoms with Crippen LogP contribution < -0.4 is 9.80 Å². The lowest BCUT2D eigenvalue weighted by atomic mass is 10.1. The molecule has 0 aliphatic carbocycles. The van der Waals surface area contributed by atoms with Gasteiger partial charge in [0.15, 0.2) is 0 Å². The van der Waals surface area contributed by atoms with Crippen molar-refractivity contribution in [2.45, 2.75) is 13.3 Å². The third-order valence-electron chi connectivity index (χ3n) is 3.85. The van der Waals surface area contributed by atoms with Crippen LogP contribution in [0.25, 0.3) is 21.8 Å². The molecule has 0 unspecified atom stereocenters. The summed E-state index contributed by atoms with van der Waals surface area (Å²) in [5, 5.41) is 24.0. The van der Waals surface area contributed by atoms with E-state index >= 15 is 0 Å². The van der Waals surface area contributed by atoms with Gasteiger partial charge in [0.05, 0.1) is 28.8 Å².